The fourth-order valence-corrected chi connectivity index (χ4v) is 2.58. The van der Waals surface area contributed by atoms with E-state index in [1.807, 2.05) is 0 Å². The summed E-state index contributed by atoms with van der Waals surface area (Å²) in [5.74, 6) is 0. The molecule has 1 aliphatic rings. The molecule has 100 valence electrons. The lowest BCUT2D eigenvalue weighted by Gasteiger charge is -2.16. The van der Waals surface area contributed by atoms with Crippen LogP contribution < -0.4 is 5.32 Å². The molecule has 0 bridgehead atoms. The number of hydrogen-bond acceptors (Lipinski definition) is 2. The molecule has 0 heterocycles. The van der Waals surface area contributed by atoms with Gasteiger partial charge in [0, 0.05) is 12.2 Å². The highest BCUT2D eigenvalue weighted by molar-refractivity contribution is 5.45. The van der Waals surface area contributed by atoms with E-state index in [2.05, 4.69) is 36.5 Å². The van der Waals surface area contributed by atoms with Crippen LogP contribution in [0, 0.1) is 6.92 Å². The highest BCUT2D eigenvalue weighted by atomic mass is 16.5. The Morgan fingerprint density at radius 2 is 1.94 bits per heavy atom. The van der Waals surface area contributed by atoms with Gasteiger partial charge in [0.25, 0.3) is 0 Å². The Morgan fingerprint density at radius 1 is 1.17 bits per heavy atom. The maximum atomic E-state index is 5.95. The first-order valence-corrected chi connectivity index (χ1v) is 7.27. The SMILES string of the molecule is Cc1cccc(NCCOC2CCCCCC2)c1. The molecule has 18 heavy (non-hydrogen) atoms. The van der Waals surface area contributed by atoms with E-state index in [0.29, 0.717) is 6.10 Å². The molecule has 1 aliphatic carbocycles. The molecule has 0 saturated heterocycles. The Kier molecular flexibility index (Phi) is 5.53. The fraction of sp³-hybridized carbons (Fsp3) is 0.625. The largest absolute Gasteiger partial charge is 0.383 e. The Labute approximate surface area is 111 Å². The van der Waals surface area contributed by atoms with Crippen molar-refractivity contribution in [3.8, 4) is 0 Å². The topological polar surface area (TPSA) is 21.3 Å². The molecule has 1 fully saturated rings. The zero-order valence-corrected chi connectivity index (χ0v) is 11.5. The number of hydrogen-bond donors (Lipinski definition) is 1. The van der Waals surface area contributed by atoms with Crippen LogP contribution in [0.4, 0.5) is 5.69 Å². The lowest BCUT2D eigenvalue weighted by molar-refractivity contribution is 0.0501. The highest BCUT2D eigenvalue weighted by Gasteiger charge is 2.11. The zero-order valence-electron chi connectivity index (χ0n) is 11.5. The van der Waals surface area contributed by atoms with Crippen molar-refractivity contribution in [1.82, 2.24) is 0 Å². The van der Waals surface area contributed by atoms with Gasteiger partial charge < -0.3 is 10.1 Å². The van der Waals surface area contributed by atoms with Gasteiger partial charge in [-0.05, 0) is 37.5 Å². The lowest BCUT2D eigenvalue weighted by atomic mass is 10.1. The standard InChI is InChI=1S/C16H25NO/c1-14-7-6-8-15(13-14)17-11-12-18-16-9-4-2-3-5-10-16/h6-8,13,16-17H,2-5,9-12H2,1H3. The van der Waals surface area contributed by atoms with E-state index >= 15 is 0 Å². The highest BCUT2D eigenvalue weighted by Crippen LogP contribution is 2.19. The molecule has 1 saturated carbocycles. The van der Waals surface area contributed by atoms with Crippen LogP contribution in [0.2, 0.25) is 0 Å². The molecule has 0 atom stereocenters. The van der Waals surface area contributed by atoms with Crippen molar-refractivity contribution in [2.45, 2.75) is 51.6 Å². The van der Waals surface area contributed by atoms with Crippen LogP contribution in [-0.2, 0) is 4.74 Å². The Morgan fingerprint density at radius 3 is 2.67 bits per heavy atom. The molecular formula is C16H25NO. The minimum atomic E-state index is 0.506. The van der Waals surface area contributed by atoms with Crippen molar-refractivity contribution in [1.29, 1.82) is 0 Å². The summed E-state index contributed by atoms with van der Waals surface area (Å²) in [4.78, 5) is 0. The van der Waals surface area contributed by atoms with Crippen LogP contribution in [0.1, 0.15) is 44.1 Å². The first-order valence-electron chi connectivity index (χ1n) is 7.27. The van der Waals surface area contributed by atoms with Crippen LogP contribution in [0.3, 0.4) is 0 Å². The van der Waals surface area contributed by atoms with Gasteiger partial charge in [0.15, 0.2) is 0 Å². The van der Waals surface area contributed by atoms with Crippen LogP contribution in [-0.4, -0.2) is 19.3 Å². The number of rotatable bonds is 5. The second-order valence-corrected chi connectivity index (χ2v) is 5.28. The Bertz CT molecular complexity index is 343. The lowest BCUT2D eigenvalue weighted by Crippen LogP contribution is -2.17. The van der Waals surface area contributed by atoms with Gasteiger partial charge in [-0.25, -0.2) is 0 Å². The van der Waals surface area contributed by atoms with Crippen molar-refractivity contribution in [3.63, 3.8) is 0 Å². The van der Waals surface area contributed by atoms with E-state index in [1.165, 1.54) is 49.8 Å². The molecule has 1 aromatic rings. The summed E-state index contributed by atoms with van der Waals surface area (Å²) in [6, 6.07) is 8.49. The number of benzene rings is 1. The Hall–Kier alpha value is -1.02. The molecule has 1 aromatic carbocycles. The second kappa shape index (κ2) is 7.42. The van der Waals surface area contributed by atoms with Gasteiger partial charge in [0.1, 0.15) is 0 Å². The molecule has 0 aliphatic heterocycles. The fourth-order valence-electron chi connectivity index (χ4n) is 2.58. The number of anilines is 1. The van der Waals surface area contributed by atoms with Crippen LogP contribution in [0.15, 0.2) is 24.3 Å². The average molecular weight is 247 g/mol. The second-order valence-electron chi connectivity index (χ2n) is 5.28. The van der Waals surface area contributed by atoms with E-state index in [-0.39, 0.29) is 0 Å². The summed E-state index contributed by atoms with van der Waals surface area (Å²) < 4.78 is 5.95. The summed E-state index contributed by atoms with van der Waals surface area (Å²) in [5, 5.41) is 3.42. The maximum absolute atomic E-state index is 5.95. The van der Waals surface area contributed by atoms with E-state index in [4.69, 9.17) is 4.74 Å². The van der Waals surface area contributed by atoms with E-state index in [9.17, 15) is 0 Å². The average Bonchev–Trinajstić information content (AvgIpc) is 2.63. The predicted octanol–water partition coefficient (Wildman–Crippen LogP) is 4.15. The van der Waals surface area contributed by atoms with E-state index in [0.717, 1.165) is 13.2 Å². The van der Waals surface area contributed by atoms with Crippen molar-refractivity contribution < 1.29 is 4.74 Å². The first-order chi connectivity index (χ1) is 8.84. The van der Waals surface area contributed by atoms with Crippen molar-refractivity contribution in [3.05, 3.63) is 29.8 Å². The normalized spacial score (nSPS) is 17.4. The van der Waals surface area contributed by atoms with E-state index in [1.54, 1.807) is 0 Å². The predicted molar refractivity (Wildman–Crippen MR) is 77.1 cm³/mol. The minimum absolute atomic E-state index is 0.506. The summed E-state index contributed by atoms with van der Waals surface area (Å²) >= 11 is 0. The quantitative estimate of drug-likeness (QED) is 0.623. The van der Waals surface area contributed by atoms with Gasteiger partial charge in [-0.15, -0.1) is 0 Å². The van der Waals surface area contributed by atoms with Crippen LogP contribution in [0.25, 0.3) is 0 Å². The Balaban J connectivity index is 1.63. The van der Waals surface area contributed by atoms with Gasteiger partial charge >= 0.3 is 0 Å². The monoisotopic (exact) mass is 247 g/mol. The third-order valence-electron chi connectivity index (χ3n) is 3.61. The van der Waals surface area contributed by atoms with Gasteiger partial charge in [0.05, 0.1) is 12.7 Å². The first kappa shape index (κ1) is 13.4. The van der Waals surface area contributed by atoms with Crippen LogP contribution in [0.5, 0.6) is 0 Å². The van der Waals surface area contributed by atoms with E-state index < -0.39 is 0 Å². The van der Waals surface area contributed by atoms with Crippen molar-refractivity contribution >= 4 is 5.69 Å². The molecule has 0 spiro atoms. The molecule has 1 N–H and O–H groups in total. The summed E-state index contributed by atoms with van der Waals surface area (Å²) in [6.07, 6.45) is 8.48. The molecule has 0 aromatic heterocycles. The van der Waals surface area contributed by atoms with Gasteiger partial charge in [-0.2, -0.15) is 0 Å². The van der Waals surface area contributed by atoms with Gasteiger partial charge in [-0.3, -0.25) is 0 Å². The van der Waals surface area contributed by atoms with Gasteiger partial charge in [0.2, 0.25) is 0 Å². The number of nitrogens with one attached hydrogen (secondary N) is 1. The zero-order chi connectivity index (χ0) is 12.6. The summed E-state index contributed by atoms with van der Waals surface area (Å²) in [6.45, 7) is 3.84. The van der Waals surface area contributed by atoms with Crippen LogP contribution >= 0.6 is 0 Å². The molecule has 2 heteroatoms. The smallest absolute Gasteiger partial charge is 0.0642 e. The molecule has 0 unspecified atom stereocenters. The van der Waals surface area contributed by atoms with Crippen molar-refractivity contribution in [2.75, 3.05) is 18.5 Å². The number of ether oxygens (including phenoxy) is 1. The third kappa shape index (κ3) is 4.69. The molecule has 2 nitrogen and oxygen atoms in total. The van der Waals surface area contributed by atoms with Gasteiger partial charge in [-0.1, -0.05) is 37.8 Å². The molecule has 0 amide bonds. The third-order valence-corrected chi connectivity index (χ3v) is 3.61. The molecule has 0 radical (unpaired) electrons. The maximum Gasteiger partial charge on any atom is 0.0642 e. The summed E-state index contributed by atoms with van der Waals surface area (Å²) in [7, 11) is 0. The molecule has 2 rings (SSSR count). The minimum Gasteiger partial charge on any atom is -0.383 e. The number of aryl methyl sites for hydroxylation is 1. The van der Waals surface area contributed by atoms with Crippen molar-refractivity contribution in [2.24, 2.45) is 0 Å². The summed E-state index contributed by atoms with van der Waals surface area (Å²) in [5.41, 5.74) is 2.49. The molecular weight excluding hydrogens is 222 g/mol.